The van der Waals surface area contributed by atoms with Crippen LogP contribution in [0.5, 0.6) is 0 Å². The number of nitrogens with zero attached hydrogens (tertiary/aromatic N) is 1. The lowest BCUT2D eigenvalue weighted by atomic mass is 10.2. The van der Waals surface area contributed by atoms with Crippen molar-refractivity contribution in [3.05, 3.63) is 41.4 Å². The molecule has 0 aromatic heterocycles. The van der Waals surface area contributed by atoms with Crippen molar-refractivity contribution in [2.75, 3.05) is 20.2 Å². The van der Waals surface area contributed by atoms with Crippen LogP contribution in [0.4, 0.5) is 0 Å². The highest BCUT2D eigenvalue weighted by molar-refractivity contribution is 7.89. The molecule has 5 nitrogen and oxygen atoms in total. The number of sulfonamides is 1. The van der Waals surface area contributed by atoms with Crippen molar-refractivity contribution >= 4 is 27.6 Å². The Morgan fingerprint density at radius 1 is 1.33 bits per heavy atom. The van der Waals surface area contributed by atoms with Gasteiger partial charge in [0.2, 0.25) is 10.0 Å². The summed E-state index contributed by atoms with van der Waals surface area (Å²) in [4.78, 5) is 11.4. The summed E-state index contributed by atoms with van der Waals surface area (Å²) in [6.45, 7) is 5.29. The normalized spacial score (nSPS) is 11.4. The summed E-state index contributed by atoms with van der Waals surface area (Å²) in [6.07, 6.45) is -0.0498. The molecule has 1 aromatic carbocycles. The molecule has 0 amide bonds. The topological polar surface area (TPSA) is 63.7 Å². The molecular weight excluding hydrogens is 314 g/mol. The first-order valence-electron chi connectivity index (χ1n) is 6.24. The summed E-state index contributed by atoms with van der Waals surface area (Å²) in [5.41, 5.74) is 0.955. The van der Waals surface area contributed by atoms with Gasteiger partial charge in [-0.15, -0.1) is 0 Å². The Kier molecular flexibility index (Phi) is 6.39. The Bertz CT molecular complexity index is 610. The highest BCUT2D eigenvalue weighted by Crippen LogP contribution is 2.18. The third kappa shape index (κ3) is 5.15. The van der Waals surface area contributed by atoms with E-state index in [1.54, 1.807) is 12.1 Å². The van der Waals surface area contributed by atoms with E-state index in [0.29, 0.717) is 0 Å². The summed E-state index contributed by atoms with van der Waals surface area (Å²) in [6, 6.07) is 6.46. The summed E-state index contributed by atoms with van der Waals surface area (Å²) in [5.74, 6) is -0.487. The maximum atomic E-state index is 12.6. The third-order valence-electron chi connectivity index (χ3n) is 2.80. The van der Waals surface area contributed by atoms with E-state index in [1.807, 2.05) is 6.92 Å². The van der Waals surface area contributed by atoms with Crippen LogP contribution in [0.3, 0.4) is 0 Å². The fourth-order valence-electron chi connectivity index (χ4n) is 1.65. The number of hydrogen-bond donors (Lipinski definition) is 0. The van der Waals surface area contributed by atoms with Crippen LogP contribution < -0.4 is 0 Å². The second-order valence-electron chi connectivity index (χ2n) is 4.50. The quantitative estimate of drug-likeness (QED) is 0.719. The van der Waals surface area contributed by atoms with E-state index in [0.717, 1.165) is 9.87 Å². The Hall–Kier alpha value is -1.37. The highest BCUT2D eigenvalue weighted by atomic mass is 35.5. The van der Waals surface area contributed by atoms with Crippen molar-refractivity contribution in [2.45, 2.75) is 18.2 Å². The molecule has 0 bridgehead atoms. The third-order valence-corrected chi connectivity index (χ3v) is 4.78. The number of esters is 1. The van der Waals surface area contributed by atoms with Gasteiger partial charge in [0.15, 0.2) is 0 Å². The smallest absolute Gasteiger partial charge is 0.306 e. The number of benzene rings is 1. The number of hydrogen-bond acceptors (Lipinski definition) is 4. The van der Waals surface area contributed by atoms with E-state index >= 15 is 0 Å². The lowest BCUT2D eigenvalue weighted by molar-refractivity contribution is -0.140. The predicted molar refractivity (Wildman–Crippen MR) is 81.6 cm³/mol. The van der Waals surface area contributed by atoms with Crippen molar-refractivity contribution < 1.29 is 17.9 Å². The van der Waals surface area contributed by atoms with Gasteiger partial charge in [0, 0.05) is 18.1 Å². The van der Waals surface area contributed by atoms with Gasteiger partial charge in [-0.25, -0.2) is 8.42 Å². The number of ether oxygens (including phenoxy) is 1. The van der Waals surface area contributed by atoms with E-state index in [4.69, 9.17) is 11.6 Å². The molecule has 0 aliphatic heterocycles. The fraction of sp³-hybridized carbons (Fsp3) is 0.357. The van der Waals surface area contributed by atoms with Gasteiger partial charge in [-0.1, -0.05) is 35.9 Å². The number of halogens is 1. The zero-order valence-corrected chi connectivity index (χ0v) is 13.6. The minimum absolute atomic E-state index is 0.0192. The zero-order chi connectivity index (χ0) is 16.0. The van der Waals surface area contributed by atoms with Crippen LogP contribution in [0.25, 0.3) is 0 Å². The van der Waals surface area contributed by atoms with Gasteiger partial charge in [-0.3, -0.25) is 4.79 Å². The number of aryl methyl sites for hydroxylation is 1. The van der Waals surface area contributed by atoms with E-state index in [2.05, 4.69) is 11.3 Å². The Balaban J connectivity index is 3.02. The van der Waals surface area contributed by atoms with Crippen molar-refractivity contribution in [3.8, 4) is 0 Å². The van der Waals surface area contributed by atoms with Crippen LogP contribution in [-0.4, -0.2) is 38.9 Å². The molecule has 0 atom stereocenters. The highest BCUT2D eigenvalue weighted by Gasteiger charge is 2.25. The second kappa shape index (κ2) is 7.59. The minimum atomic E-state index is -3.74. The molecule has 0 fully saturated rings. The minimum Gasteiger partial charge on any atom is -0.469 e. The zero-order valence-electron chi connectivity index (χ0n) is 12.0. The molecule has 0 radical (unpaired) electrons. The molecule has 0 saturated heterocycles. The summed E-state index contributed by atoms with van der Waals surface area (Å²) >= 11 is 5.72. The number of methoxy groups -OCH3 is 1. The second-order valence-corrected chi connectivity index (χ2v) is 6.97. The van der Waals surface area contributed by atoms with Crippen LogP contribution in [0.1, 0.15) is 12.0 Å². The lowest BCUT2D eigenvalue weighted by Crippen LogP contribution is -2.34. The van der Waals surface area contributed by atoms with Crippen LogP contribution in [0, 0.1) is 6.92 Å². The molecule has 0 heterocycles. The van der Waals surface area contributed by atoms with Gasteiger partial charge < -0.3 is 4.74 Å². The first-order valence-corrected chi connectivity index (χ1v) is 8.06. The van der Waals surface area contributed by atoms with Gasteiger partial charge >= 0.3 is 5.97 Å². The molecule has 116 valence electrons. The van der Waals surface area contributed by atoms with E-state index in [1.165, 1.54) is 19.2 Å². The Morgan fingerprint density at radius 3 is 2.38 bits per heavy atom. The monoisotopic (exact) mass is 331 g/mol. The molecule has 0 saturated carbocycles. The maximum Gasteiger partial charge on any atom is 0.306 e. The standard InChI is InChI=1S/C14H18ClNO4S/c1-11-4-6-13(7-5-11)21(18,19)16(10-12(2)15)9-8-14(17)20-3/h4-7H,2,8-10H2,1,3H3. The van der Waals surface area contributed by atoms with Gasteiger partial charge in [-0.2, -0.15) is 4.31 Å². The van der Waals surface area contributed by atoms with Crippen LogP contribution in [-0.2, 0) is 19.6 Å². The Morgan fingerprint density at radius 2 is 1.90 bits per heavy atom. The SMILES string of the molecule is C=C(Cl)CN(CCC(=O)OC)S(=O)(=O)c1ccc(C)cc1. The summed E-state index contributed by atoms with van der Waals surface area (Å²) < 4.78 is 30.7. The fourth-order valence-corrected chi connectivity index (χ4v) is 3.30. The van der Waals surface area contributed by atoms with Crippen LogP contribution >= 0.6 is 11.6 Å². The summed E-state index contributed by atoms with van der Waals surface area (Å²) in [7, 11) is -2.48. The van der Waals surface area contributed by atoms with E-state index < -0.39 is 16.0 Å². The van der Waals surface area contributed by atoms with Gasteiger partial charge in [-0.05, 0) is 19.1 Å². The maximum absolute atomic E-state index is 12.6. The summed E-state index contributed by atoms with van der Waals surface area (Å²) in [5, 5.41) is 0.176. The first kappa shape index (κ1) is 17.7. The number of rotatable bonds is 7. The molecular formula is C14H18ClNO4S. The van der Waals surface area contributed by atoms with Crippen molar-refractivity contribution in [3.63, 3.8) is 0 Å². The number of carbonyl (C=O) groups excluding carboxylic acids is 1. The van der Waals surface area contributed by atoms with Gasteiger partial charge in [0.05, 0.1) is 18.4 Å². The van der Waals surface area contributed by atoms with Gasteiger partial charge in [0.25, 0.3) is 0 Å². The average Bonchev–Trinajstić information content (AvgIpc) is 2.43. The average molecular weight is 332 g/mol. The van der Waals surface area contributed by atoms with E-state index in [-0.39, 0.29) is 29.4 Å². The van der Waals surface area contributed by atoms with Crippen LogP contribution in [0.15, 0.2) is 40.8 Å². The molecule has 1 rings (SSSR count). The molecule has 0 aliphatic rings. The molecule has 0 spiro atoms. The molecule has 7 heteroatoms. The molecule has 0 aliphatic carbocycles. The largest absolute Gasteiger partial charge is 0.469 e. The van der Waals surface area contributed by atoms with Gasteiger partial charge in [0.1, 0.15) is 0 Å². The van der Waals surface area contributed by atoms with Crippen molar-refractivity contribution in [2.24, 2.45) is 0 Å². The molecule has 0 unspecified atom stereocenters. The molecule has 1 aromatic rings. The van der Waals surface area contributed by atoms with Crippen molar-refractivity contribution in [1.82, 2.24) is 4.31 Å². The van der Waals surface area contributed by atoms with E-state index in [9.17, 15) is 13.2 Å². The molecule has 0 N–H and O–H groups in total. The Labute approximate surface area is 130 Å². The lowest BCUT2D eigenvalue weighted by Gasteiger charge is -2.21. The predicted octanol–water partition coefficient (Wildman–Crippen LogP) is 2.30. The first-order chi connectivity index (χ1) is 9.77. The number of carbonyl (C=O) groups is 1. The molecule has 21 heavy (non-hydrogen) atoms. The van der Waals surface area contributed by atoms with Crippen LogP contribution in [0.2, 0.25) is 0 Å². The van der Waals surface area contributed by atoms with Crippen molar-refractivity contribution in [1.29, 1.82) is 0 Å².